The van der Waals surface area contributed by atoms with E-state index in [0.29, 0.717) is 4.74 Å². The number of carbonyl (C=O) groups is 2. The Morgan fingerprint density at radius 2 is 2.08 bits per heavy atom. The van der Waals surface area contributed by atoms with Crippen molar-refractivity contribution in [3.8, 4) is 0 Å². The predicted octanol–water partition coefficient (Wildman–Crippen LogP) is -0.365. The van der Waals surface area contributed by atoms with E-state index in [2.05, 4.69) is 15.5 Å². The molecule has 3 rings (SSSR count). The standard InChI is InChI=1S/C15H11N5O4/c21-9-13-14(17-18-15(22)10-4-3-7-16-8-10)20(24)12-6-2-1-5-11(12)19(13)23/h1-9,20H,(H,18,22). The van der Waals surface area contributed by atoms with Crippen molar-refractivity contribution < 1.29 is 19.4 Å². The molecule has 9 nitrogen and oxygen atoms in total. The van der Waals surface area contributed by atoms with Gasteiger partial charge in [-0.15, -0.1) is 5.10 Å². The number of hydroxylamine groups is 1. The van der Waals surface area contributed by atoms with Crippen LogP contribution in [0.1, 0.15) is 10.4 Å². The maximum atomic E-state index is 12.4. The minimum atomic E-state index is -0.620. The number of aromatic nitrogens is 1. The molecule has 0 aliphatic carbocycles. The van der Waals surface area contributed by atoms with E-state index in [4.69, 9.17) is 0 Å². The normalized spacial score (nSPS) is 18.2. The first-order chi connectivity index (χ1) is 11.6. The lowest BCUT2D eigenvalue weighted by atomic mass is 10.2. The topological polar surface area (TPSA) is 125 Å². The van der Waals surface area contributed by atoms with Crippen LogP contribution in [0.2, 0.25) is 0 Å². The molecule has 1 aliphatic heterocycles. The van der Waals surface area contributed by atoms with Gasteiger partial charge in [0, 0.05) is 24.5 Å². The van der Waals surface area contributed by atoms with Crippen molar-refractivity contribution >= 4 is 35.1 Å². The molecule has 1 atom stereocenters. The van der Waals surface area contributed by atoms with E-state index in [0.717, 1.165) is 0 Å². The van der Waals surface area contributed by atoms with Gasteiger partial charge in [-0.1, -0.05) is 12.1 Å². The zero-order valence-corrected chi connectivity index (χ0v) is 12.2. The summed E-state index contributed by atoms with van der Waals surface area (Å²) in [7, 11) is 0. The first-order valence-electron chi connectivity index (χ1n) is 6.85. The molecule has 0 saturated heterocycles. The van der Waals surface area contributed by atoms with E-state index in [-0.39, 0.29) is 23.2 Å². The fourth-order valence-corrected chi connectivity index (χ4v) is 2.19. The van der Waals surface area contributed by atoms with E-state index >= 15 is 0 Å². The van der Waals surface area contributed by atoms with Crippen LogP contribution >= 0.6 is 0 Å². The molecule has 1 aliphatic rings. The van der Waals surface area contributed by atoms with E-state index in [1.807, 2.05) is 0 Å². The van der Waals surface area contributed by atoms with Crippen LogP contribution in [-0.4, -0.2) is 33.5 Å². The highest BCUT2D eigenvalue weighted by molar-refractivity contribution is 6.57. The van der Waals surface area contributed by atoms with Gasteiger partial charge in [0.05, 0.1) is 5.56 Å². The Kier molecular flexibility index (Phi) is 4.10. The quantitative estimate of drug-likeness (QED) is 0.345. The first kappa shape index (κ1) is 15.5. The van der Waals surface area contributed by atoms with Gasteiger partial charge in [0.25, 0.3) is 11.6 Å². The number of benzene rings is 1. The minimum absolute atomic E-state index is 0.0575. The van der Waals surface area contributed by atoms with Crippen LogP contribution in [0, 0.1) is 10.4 Å². The van der Waals surface area contributed by atoms with Crippen molar-refractivity contribution in [2.45, 2.75) is 0 Å². The Hall–Kier alpha value is -3.43. The summed E-state index contributed by atoms with van der Waals surface area (Å²) in [5.41, 5.74) is 2.07. The summed E-state index contributed by atoms with van der Waals surface area (Å²) in [4.78, 5) is 27.0. The SMILES string of the molecule is O=CC1=[N+]([O-])c2ccccc2[NH+]([O-])C1=NNC(=O)c1cccnc1. The molecular weight excluding hydrogens is 314 g/mol. The Morgan fingerprint density at radius 1 is 1.29 bits per heavy atom. The summed E-state index contributed by atoms with van der Waals surface area (Å²) in [6.07, 6.45) is 3.05. The third-order valence-electron chi connectivity index (χ3n) is 3.35. The van der Waals surface area contributed by atoms with Gasteiger partial charge >= 0.3 is 11.5 Å². The van der Waals surface area contributed by atoms with E-state index < -0.39 is 22.5 Å². The second-order valence-electron chi connectivity index (χ2n) is 4.79. The predicted molar refractivity (Wildman–Crippen MR) is 83.9 cm³/mol. The van der Waals surface area contributed by atoms with Crippen LogP contribution in [0.3, 0.4) is 0 Å². The van der Waals surface area contributed by atoms with Crippen molar-refractivity contribution in [2.75, 3.05) is 0 Å². The zero-order valence-electron chi connectivity index (χ0n) is 12.2. The number of nitrogens with zero attached hydrogens (tertiary/aromatic N) is 3. The van der Waals surface area contributed by atoms with Crippen LogP contribution in [0.25, 0.3) is 0 Å². The monoisotopic (exact) mass is 325 g/mol. The summed E-state index contributed by atoms with van der Waals surface area (Å²) in [6.45, 7) is 0. The number of amidine groups is 1. The van der Waals surface area contributed by atoms with Crippen LogP contribution in [-0.2, 0) is 4.79 Å². The lowest BCUT2D eigenvalue weighted by Crippen LogP contribution is -3.07. The van der Waals surface area contributed by atoms with Crippen molar-refractivity contribution in [1.29, 1.82) is 0 Å². The van der Waals surface area contributed by atoms with Gasteiger partial charge in [0.2, 0.25) is 12.0 Å². The molecule has 1 aromatic carbocycles. The molecule has 0 saturated carbocycles. The highest BCUT2D eigenvalue weighted by atomic mass is 16.5. The van der Waals surface area contributed by atoms with Crippen molar-refractivity contribution in [1.82, 2.24) is 10.4 Å². The number of hydrogen-bond donors (Lipinski definition) is 2. The number of pyridine rings is 1. The molecule has 0 fully saturated rings. The molecule has 1 amide bonds. The van der Waals surface area contributed by atoms with Gasteiger partial charge in [-0.2, -0.15) is 4.74 Å². The molecule has 2 aromatic rings. The summed E-state index contributed by atoms with van der Waals surface area (Å²) in [5, 5.41) is 27.7. The van der Waals surface area contributed by atoms with Crippen molar-refractivity contribution in [2.24, 2.45) is 5.10 Å². The van der Waals surface area contributed by atoms with Crippen LogP contribution in [0.5, 0.6) is 0 Å². The van der Waals surface area contributed by atoms with Gasteiger partial charge in [0.1, 0.15) is 0 Å². The number of para-hydroxylation sites is 2. The largest absolute Gasteiger partial charge is 0.622 e. The van der Waals surface area contributed by atoms with Gasteiger partial charge < -0.3 is 10.4 Å². The lowest BCUT2D eigenvalue weighted by molar-refractivity contribution is -0.673. The van der Waals surface area contributed by atoms with Crippen LogP contribution in [0.15, 0.2) is 53.9 Å². The average Bonchev–Trinajstić information content (AvgIpc) is 2.64. The molecule has 2 N–H and O–H groups in total. The van der Waals surface area contributed by atoms with Crippen LogP contribution < -0.4 is 10.5 Å². The number of hydrazone groups is 1. The number of carbonyl (C=O) groups excluding carboxylic acids is 2. The molecule has 9 heteroatoms. The summed E-state index contributed by atoms with van der Waals surface area (Å²) in [5.74, 6) is -1.04. The number of aldehydes is 1. The smallest absolute Gasteiger partial charge is 0.341 e. The molecule has 0 spiro atoms. The number of fused-ring (bicyclic) bond motifs is 1. The Balaban J connectivity index is 1.97. The average molecular weight is 325 g/mol. The van der Waals surface area contributed by atoms with E-state index in [1.165, 1.54) is 30.6 Å². The first-order valence-corrected chi connectivity index (χ1v) is 6.85. The van der Waals surface area contributed by atoms with E-state index in [1.54, 1.807) is 18.2 Å². The minimum Gasteiger partial charge on any atom is -0.622 e. The van der Waals surface area contributed by atoms with Crippen LogP contribution in [0.4, 0.5) is 11.4 Å². The second kappa shape index (κ2) is 6.36. The Bertz CT molecular complexity index is 863. The van der Waals surface area contributed by atoms with Gasteiger partial charge in [0.15, 0.2) is 0 Å². The number of amides is 1. The summed E-state index contributed by atoms with van der Waals surface area (Å²) < 4.78 is 0.318. The molecule has 2 heterocycles. The van der Waals surface area contributed by atoms with Gasteiger partial charge in [-0.3, -0.25) is 19.6 Å². The number of rotatable bonds is 3. The number of quaternary nitrogens is 1. The molecule has 1 aromatic heterocycles. The zero-order chi connectivity index (χ0) is 17.1. The maximum absolute atomic E-state index is 12.4. The molecule has 120 valence electrons. The van der Waals surface area contributed by atoms with Gasteiger partial charge in [-0.05, 0) is 12.1 Å². The number of hydrogen-bond acceptors (Lipinski definition) is 6. The Labute approximate surface area is 135 Å². The number of nitrogens with one attached hydrogen (secondary N) is 2. The van der Waals surface area contributed by atoms with Crippen molar-refractivity contribution in [3.05, 3.63) is 64.8 Å². The summed E-state index contributed by atoms with van der Waals surface area (Å²) in [6, 6.07) is 9.10. The van der Waals surface area contributed by atoms with E-state index in [9.17, 15) is 20.0 Å². The fraction of sp³-hybridized carbons (Fsp3) is 0. The second-order valence-corrected chi connectivity index (χ2v) is 4.79. The molecule has 0 radical (unpaired) electrons. The highest BCUT2D eigenvalue weighted by Gasteiger charge is 2.36. The third-order valence-corrected chi connectivity index (χ3v) is 3.35. The van der Waals surface area contributed by atoms with Crippen molar-refractivity contribution in [3.63, 3.8) is 0 Å². The molecule has 24 heavy (non-hydrogen) atoms. The fourth-order valence-electron chi connectivity index (χ4n) is 2.19. The highest BCUT2D eigenvalue weighted by Crippen LogP contribution is 2.22. The maximum Gasteiger partial charge on any atom is 0.341 e. The summed E-state index contributed by atoms with van der Waals surface area (Å²) >= 11 is 0. The molecular formula is C15H11N5O4. The third kappa shape index (κ3) is 2.64. The lowest BCUT2D eigenvalue weighted by Gasteiger charge is -2.25. The molecule has 1 unspecified atom stereocenters. The van der Waals surface area contributed by atoms with Gasteiger partial charge in [-0.25, -0.2) is 5.43 Å². The Morgan fingerprint density at radius 3 is 2.79 bits per heavy atom. The molecule has 0 bridgehead atoms.